The average molecular weight is 311 g/mol. The van der Waals surface area contributed by atoms with E-state index in [1.807, 2.05) is 12.1 Å². The first-order valence-corrected chi connectivity index (χ1v) is 7.97. The molecule has 3 nitrogen and oxygen atoms in total. The van der Waals surface area contributed by atoms with Gasteiger partial charge in [0, 0.05) is 5.02 Å². The zero-order valence-corrected chi connectivity index (χ0v) is 12.6. The number of benzene rings is 2. The highest BCUT2D eigenvalue weighted by Crippen LogP contribution is 2.17. The van der Waals surface area contributed by atoms with E-state index >= 15 is 0 Å². The van der Waals surface area contributed by atoms with Gasteiger partial charge in [0.25, 0.3) is 10.1 Å². The number of hydrogen-bond acceptors (Lipinski definition) is 3. The molecule has 0 heterocycles. The largest absolute Gasteiger partial charge is 0.297 e. The van der Waals surface area contributed by atoms with Gasteiger partial charge in [-0.2, -0.15) is 8.42 Å². The predicted octanol–water partition coefficient (Wildman–Crippen LogP) is 3.60. The van der Waals surface area contributed by atoms with Crippen molar-refractivity contribution in [3.8, 4) is 0 Å². The summed E-state index contributed by atoms with van der Waals surface area (Å²) in [4.78, 5) is 0.219. The van der Waals surface area contributed by atoms with Crippen molar-refractivity contribution in [1.29, 1.82) is 0 Å². The maximum atomic E-state index is 12.1. The van der Waals surface area contributed by atoms with Crippen LogP contribution in [0.3, 0.4) is 0 Å². The third kappa shape index (κ3) is 3.82. The molecule has 0 bridgehead atoms. The van der Waals surface area contributed by atoms with Crippen LogP contribution in [0.15, 0.2) is 53.4 Å². The van der Waals surface area contributed by atoms with Crippen LogP contribution in [0.2, 0.25) is 5.02 Å². The van der Waals surface area contributed by atoms with Crippen molar-refractivity contribution in [2.24, 2.45) is 0 Å². The predicted molar refractivity (Wildman–Crippen MR) is 79.5 cm³/mol. The lowest BCUT2D eigenvalue weighted by molar-refractivity contribution is 0.322. The average Bonchev–Trinajstić information content (AvgIpc) is 2.41. The molecule has 0 amide bonds. The molecule has 0 atom stereocenters. The monoisotopic (exact) mass is 310 g/mol. The standard InChI is InChI=1S/C15H15ClO3S/c1-12-4-2-3-5-15(12)20(17,18)19-11-10-13-6-8-14(16)9-7-13/h2-9H,10-11H2,1H3. The molecule has 5 heteroatoms. The SMILES string of the molecule is Cc1ccccc1S(=O)(=O)OCCc1ccc(Cl)cc1. The van der Waals surface area contributed by atoms with Crippen LogP contribution in [-0.2, 0) is 20.7 Å². The van der Waals surface area contributed by atoms with Crippen LogP contribution in [0.5, 0.6) is 0 Å². The second kappa shape index (κ2) is 6.39. The molecule has 0 saturated carbocycles. The molecule has 0 fully saturated rings. The first-order chi connectivity index (χ1) is 9.49. The molecule has 0 saturated heterocycles. The molecular weight excluding hydrogens is 296 g/mol. The van der Waals surface area contributed by atoms with Gasteiger partial charge in [0.2, 0.25) is 0 Å². The fraction of sp³-hybridized carbons (Fsp3) is 0.200. The summed E-state index contributed by atoms with van der Waals surface area (Å²) < 4.78 is 29.2. The molecule has 0 aliphatic heterocycles. The van der Waals surface area contributed by atoms with E-state index in [1.54, 1.807) is 43.3 Å². The molecule has 0 aromatic heterocycles. The number of rotatable bonds is 5. The Hall–Kier alpha value is -1.36. The highest BCUT2D eigenvalue weighted by Gasteiger charge is 2.16. The maximum absolute atomic E-state index is 12.1. The number of hydrogen-bond donors (Lipinski definition) is 0. The molecule has 0 unspecified atom stereocenters. The highest BCUT2D eigenvalue weighted by atomic mass is 35.5. The van der Waals surface area contributed by atoms with Gasteiger partial charge in [0.05, 0.1) is 11.5 Å². The third-order valence-corrected chi connectivity index (χ3v) is 4.63. The van der Waals surface area contributed by atoms with E-state index in [0.717, 1.165) is 5.56 Å². The van der Waals surface area contributed by atoms with E-state index in [9.17, 15) is 8.42 Å². The minimum absolute atomic E-state index is 0.109. The van der Waals surface area contributed by atoms with Gasteiger partial charge in [-0.25, -0.2) is 0 Å². The van der Waals surface area contributed by atoms with E-state index < -0.39 is 10.1 Å². The molecule has 2 rings (SSSR count). The summed E-state index contributed by atoms with van der Waals surface area (Å²) in [5, 5.41) is 0.655. The summed E-state index contributed by atoms with van der Waals surface area (Å²) in [6.07, 6.45) is 0.516. The Labute approximate surface area is 124 Å². The van der Waals surface area contributed by atoms with E-state index in [4.69, 9.17) is 15.8 Å². The van der Waals surface area contributed by atoms with Crippen molar-refractivity contribution < 1.29 is 12.6 Å². The van der Waals surface area contributed by atoms with Gasteiger partial charge >= 0.3 is 0 Å². The lowest BCUT2D eigenvalue weighted by Crippen LogP contribution is -2.10. The van der Waals surface area contributed by atoms with E-state index in [0.29, 0.717) is 17.0 Å². The minimum atomic E-state index is -3.70. The third-order valence-electron chi connectivity index (χ3n) is 2.91. The van der Waals surface area contributed by atoms with E-state index in [1.165, 1.54) is 0 Å². The van der Waals surface area contributed by atoms with Gasteiger partial charge in [-0.05, 0) is 42.7 Å². The van der Waals surface area contributed by atoms with Crippen LogP contribution in [0, 0.1) is 6.92 Å². The van der Waals surface area contributed by atoms with Crippen molar-refractivity contribution in [3.63, 3.8) is 0 Å². The molecule has 0 radical (unpaired) electrons. The van der Waals surface area contributed by atoms with Crippen LogP contribution in [0.25, 0.3) is 0 Å². The Morgan fingerprint density at radius 2 is 1.70 bits per heavy atom. The van der Waals surface area contributed by atoms with Crippen LogP contribution in [0.4, 0.5) is 0 Å². The van der Waals surface area contributed by atoms with Gasteiger partial charge in [0.15, 0.2) is 0 Å². The summed E-state index contributed by atoms with van der Waals surface area (Å²) in [5.41, 5.74) is 1.66. The molecule has 20 heavy (non-hydrogen) atoms. The molecular formula is C15H15ClO3S. The maximum Gasteiger partial charge on any atom is 0.297 e. The summed E-state index contributed by atoms with van der Waals surface area (Å²) in [5.74, 6) is 0. The summed E-state index contributed by atoms with van der Waals surface area (Å²) in [6, 6.07) is 14.0. The Balaban J connectivity index is 2.00. The van der Waals surface area contributed by atoms with Gasteiger partial charge in [-0.3, -0.25) is 4.18 Å². The normalized spacial score (nSPS) is 11.5. The van der Waals surface area contributed by atoms with Crippen molar-refractivity contribution in [2.45, 2.75) is 18.2 Å². The first kappa shape index (κ1) is 15.0. The zero-order chi connectivity index (χ0) is 14.6. The Morgan fingerprint density at radius 1 is 1.05 bits per heavy atom. The van der Waals surface area contributed by atoms with E-state index in [-0.39, 0.29) is 11.5 Å². The Bertz CT molecular complexity index is 679. The lowest BCUT2D eigenvalue weighted by atomic mass is 10.2. The molecule has 106 valence electrons. The lowest BCUT2D eigenvalue weighted by Gasteiger charge is -2.08. The van der Waals surface area contributed by atoms with Gasteiger partial charge in [-0.15, -0.1) is 0 Å². The second-order valence-corrected chi connectivity index (χ2v) is 6.44. The molecule has 0 spiro atoms. The first-order valence-electron chi connectivity index (χ1n) is 6.18. The molecule has 0 aliphatic carbocycles. The molecule has 2 aromatic carbocycles. The van der Waals surface area contributed by atoms with Crippen molar-refractivity contribution in [1.82, 2.24) is 0 Å². The van der Waals surface area contributed by atoms with Crippen LogP contribution >= 0.6 is 11.6 Å². The quantitative estimate of drug-likeness (QED) is 0.793. The number of halogens is 1. The number of aryl methyl sites for hydroxylation is 1. The van der Waals surface area contributed by atoms with Gasteiger partial charge < -0.3 is 0 Å². The summed E-state index contributed by atoms with van der Waals surface area (Å²) in [7, 11) is -3.70. The van der Waals surface area contributed by atoms with Gasteiger partial charge in [0.1, 0.15) is 0 Å². The fourth-order valence-electron chi connectivity index (χ4n) is 1.82. The van der Waals surface area contributed by atoms with Crippen LogP contribution in [-0.4, -0.2) is 15.0 Å². The van der Waals surface area contributed by atoms with Crippen molar-refractivity contribution >= 4 is 21.7 Å². The van der Waals surface area contributed by atoms with Crippen LogP contribution < -0.4 is 0 Å². The highest BCUT2D eigenvalue weighted by molar-refractivity contribution is 7.86. The van der Waals surface area contributed by atoms with Crippen molar-refractivity contribution in [2.75, 3.05) is 6.61 Å². The topological polar surface area (TPSA) is 43.4 Å². The Kier molecular flexibility index (Phi) is 4.81. The fourth-order valence-corrected chi connectivity index (χ4v) is 3.08. The minimum Gasteiger partial charge on any atom is -0.266 e. The van der Waals surface area contributed by atoms with Crippen molar-refractivity contribution in [3.05, 3.63) is 64.7 Å². The van der Waals surface area contributed by atoms with E-state index in [2.05, 4.69) is 0 Å². The Morgan fingerprint density at radius 3 is 2.35 bits per heavy atom. The summed E-state index contributed by atoms with van der Waals surface area (Å²) in [6.45, 7) is 1.85. The van der Waals surface area contributed by atoms with Gasteiger partial charge in [-0.1, -0.05) is 41.9 Å². The second-order valence-electron chi connectivity index (χ2n) is 4.42. The van der Waals surface area contributed by atoms with Crippen LogP contribution in [0.1, 0.15) is 11.1 Å². The zero-order valence-electron chi connectivity index (χ0n) is 11.0. The molecule has 0 aliphatic rings. The summed E-state index contributed by atoms with van der Waals surface area (Å²) >= 11 is 5.79. The molecule has 0 N–H and O–H groups in total. The smallest absolute Gasteiger partial charge is 0.266 e. The molecule has 2 aromatic rings.